The van der Waals surface area contributed by atoms with Gasteiger partial charge >= 0.3 is 0 Å². The second-order valence-corrected chi connectivity index (χ2v) is 7.93. The van der Waals surface area contributed by atoms with E-state index < -0.39 is 6.10 Å². The van der Waals surface area contributed by atoms with E-state index in [0.717, 1.165) is 40.7 Å². The number of nitrogens with zero attached hydrogens (tertiary/aromatic N) is 2. The fourth-order valence-corrected chi connectivity index (χ4v) is 4.15. The van der Waals surface area contributed by atoms with Crippen LogP contribution in [0.5, 0.6) is 0 Å². The van der Waals surface area contributed by atoms with E-state index in [1.165, 1.54) is 5.56 Å². The van der Waals surface area contributed by atoms with Crippen molar-refractivity contribution in [1.29, 1.82) is 0 Å². The Morgan fingerprint density at radius 1 is 1.12 bits per heavy atom. The summed E-state index contributed by atoms with van der Waals surface area (Å²) in [5.74, 6) is 0.143. The number of aliphatic hydroxyl groups excluding tert-OH is 1. The fraction of sp³-hybridized carbons (Fsp3) is 0.333. The minimum atomic E-state index is -0.393. The van der Waals surface area contributed by atoms with Crippen molar-refractivity contribution in [2.75, 3.05) is 13.1 Å². The molecule has 0 spiro atoms. The highest BCUT2D eigenvalue weighted by Crippen LogP contribution is 2.23. The number of hydrogen-bond acceptors (Lipinski definition) is 6. The highest BCUT2D eigenvalue weighted by atomic mass is 16.3. The Hall–Kier alpha value is -3.56. The van der Waals surface area contributed by atoms with Crippen molar-refractivity contribution in [3.8, 4) is 0 Å². The molecule has 0 radical (unpaired) electrons. The number of likely N-dealkylation sites (tertiary alicyclic amines) is 1. The van der Waals surface area contributed by atoms with Gasteiger partial charge in [0.1, 0.15) is 0 Å². The van der Waals surface area contributed by atoms with E-state index in [1.54, 1.807) is 6.20 Å². The Balaban J connectivity index is 0.000000582. The summed E-state index contributed by atoms with van der Waals surface area (Å²) in [6.07, 6.45) is 2.15. The molecule has 176 valence electrons. The zero-order valence-electron chi connectivity index (χ0n) is 18.6. The van der Waals surface area contributed by atoms with E-state index in [9.17, 15) is 9.90 Å². The number of nitrogens with one attached hydrogen (secondary N) is 1. The van der Waals surface area contributed by atoms with Crippen LogP contribution in [0.4, 0.5) is 0 Å². The highest BCUT2D eigenvalue weighted by Gasteiger charge is 2.31. The molecule has 9 heteroatoms. The first-order valence-corrected chi connectivity index (χ1v) is 10.4. The maximum Gasteiger partial charge on any atom is 0.290 e. The standard InChI is InChI=1S/C22H25N3O2.2CH2O2/c1-14-7-15(2)21-16(8-14)9-18(22(27)24-21)12-25-11-17(20(26)13-25)10-19-5-3-4-6-23-19;2*2-1-3/h3-9,17,20,26H,10-13H2,1-2H3,(H,24,27);2*1H,(H,2,3)/t17-,20-;;/m1../s1. The van der Waals surface area contributed by atoms with Gasteiger partial charge in [0, 0.05) is 43.0 Å². The molecule has 4 rings (SSSR count). The number of pyridine rings is 2. The van der Waals surface area contributed by atoms with Crippen LogP contribution in [0.25, 0.3) is 10.9 Å². The topological polar surface area (TPSA) is 144 Å². The van der Waals surface area contributed by atoms with Crippen LogP contribution in [0.1, 0.15) is 22.4 Å². The van der Waals surface area contributed by atoms with Gasteiger partial charge in [0.15, 0.2) is 0 Å². The minimum Gasteiger partial charge on any atom is -0.483 e. The molecule has 4 N–H and O–H groups in total. The monoisotopic (exact) mass is 455 g/mol. The van der Waals surface area contributed by atoms with E-state index in [2.05, 4.69) is 33.9 Å². The van der Waals surface area contributed by atoms with Gasteiger partial charge in [-0.05, 0) is 55.5 Å². The predicted octanol–water partition coefficient (Wildman–Crippen LogP) is 1.98. The van der Waals surface area contributed by atoms with Crippen LogP contribution in [0.2, 0.25) is 0 Å². The number of β-amino-alcohol motifs (C(OH)–C–C–N with tert-alkyl or cyclic N) is 1. The first-order chi connectivity index (χ1) is 15.8. The Bertz CT molecular complexity index is 1110. The van der Waals surface area contributed by atoms with E-state index in [-0.39, 0.29) is 24.4 Å². The number of carboxylic acid groups (broad SMARTS) is 2. The molecule has 1 aliphatic rings. The second-order valence-electron chi connectivity index (χ2n) is 7.93. The molecule has 2 aromatic heterocycles. The van der Waals surface area contributed by atoms with Crippen LogP contribution in [0.3, 0.4) is 0 Å². The van der Waals surface area contributed by atoms with Gasteiger partial charge in [-0.1, -0.05) is 17.7 Å². The molecule has 1 saturated heterocycles. The number of rotatable bonds is 4. The summed E-state index contributed by atoms with van der Waals surface area (Å²) >= 11 is 0. The van der Waals surface area contributed by atoms with Gasteiger partial charge in [-0.3, -0.25) is 24.3 Å². The predicted molar refractivity (Wildman–Crippen MR) is 124 cm³/mol. The van der Waals surface area contributed by atoms with Crippen molar-refractivity contribution in [3.63, 3.8) is 0 Å². The number of benzene rings is 1. The van der Waals surface area contributed by atoms with Gasteiger partial charge in [-0.15, -0.1) is 0 Å². The third kappa shape index (κ3) is 7.23. The molecule has 1 aliphatic heterocycles. The number of aromatic nitrogens is 2. The Morgan fingerprint density at radius 2 is 1.82 bits per heavy atom. The number of aryl methyl sites for hydroxylation is 2. The summed E-state index contributed by atoms with van der Waals surface area (Å²) in [6.45, 7) is 5.48. The van der Waals surface area contributed by atoms with E-state index in [0.29, 0.717) is 13.1 Å². The smallest absolute Gasteiger partial charge is 0.290 e. The third-order valence-electron chi connectivity index (χ3n) is 5.44. The SMILES string of the molecule is Cc1cc(C)c2[nH]c(=O)c(CN3C[C@@H](Cc4ccccn4)[C@H](O)C3)cc2c1.O=CO.O=CO. The summed E-state index contributed by atoms with van der Waals surface area (Å²) in [5, 5.41) is 25.3. The second kappa shape index (κ2) is 12.5. The lowest BCUT2D eigenvalue weighted by molar-refractivity contribution is -0.123. The number of fused-ring (bicyclic) bond motifs is 1. The van der Waals surface area contributed by atoms with Gasteiger partial charge in [0.25, 0.3) is 18.5 Å². The molecule has 2 atom stereocenters. The van der Waals surface area contributed by atoms with Crippen molar-refractivity contribution >= 4 is 23.8 Å². The molecular weight excluding hydrogens is 426 g/mol. The van der Waals surface area contributed by atoms with Crippen molar-refractivity contribution in [3.05, 3.63) is 75.3 Å². The summed E-state index contributed by atoms with van der Waals surface area (Å²) in [6, 6.07) is 12.0. The van der Waals surface area contributed by atoms with E-state index in [1.807, 2.05) is 31.2 Å². The summed E-state index contributed by atoms with van der Waals surface area (Å²) in [7, 11) is 0. The highest BCUT2D eigenvalue weighted by molar-refractivity contribution is 5.82. The van der Waals surface area contributed by atoms with Crippen LogP contribution in [0, 0.1) is 19.8 Å². The molecule has 9 nitrogen and oxygen atoms in total. The van der Waals surface area contributed by atoms with Crippen LogP contribution >= 0.6 is 0 Å². The van der Waals surface area contributed by atoms with Crippen molar-refractivity contribution in [1.82, 2.24) is 14.9 Å². The quantitative estimate of drug-likeness (QED) is 0.437. The number of aliphatic hydroxyl groups is 1. The van der Waals surface area contributed by atoms with Crippen molar-refractivity contribution in [2.24, 2.45) is 5.92 Å². The number of carbonyl (C=O) groups is 2. The lowest BCUT2D eigenvalue weighted by Crippen LogP contribution is -2.26. The summed E-state index contributed by atoms with van der Waals surface area (Å²) in [5.41, 5.74) is 4.88. The van der Waals surface area contributed by atoms with Crippen LogP contribution in [0.15, 0.2) is 47.4 Å². The molecule has 0 bridgehead atoms. The molecule has 33 heavy (non-hydrogen) atoms. The first-order valence-electron chi connectivity index (χ1n) is 10.4. The molecule has 0 saturated carbocycles. The largest absolute Gasteiger partial charge is 0.483 e. The minimum absolute atomic E-state index is 0.0443. The molecule has 1 aromatic carbocycles. The normalized spacial score (nSPS) is 17.4. The summed E-state index contributed by atoms with van der Waals surface area (Å²) < 4.78 is 0. The van der Waals surface area contributed by atoms with Crippen LogP contribution in [-0.4, -0.2) is 62.3 Å². The van der Waals surface area contributed by atoms with E-state index in [4.69, 9.17) is 19.8 Å². The van der Waals surface area contributed by atoms with Crippen LogP contribution < -0.4 is 5.56 Å². The Morgan fingerprint density at radius 3 is 2.45 bits per heavy atom. The van der Waals surface area contributed by atoms with Crippen LogP contribution in [-0.2, 0) is 22.6 Å². The Labute approximate surface area is 191 Å². The zero-order valence-corrected chi connectivity index (χ0v) is 18.6. The van der Waals surface area contributed by atoms with Gasteiger partial charge in [0.05, 0.1) is 11.6 Å². The third-order valence-corrected chi connectivity index (χ3v) is 5.44. The van der Waals surface area contributed by atoms with Crippen molar-refractivity contribution < 1.29 is 24.9 Å². The average Bonchev–Trinajstić information content (AvgIpc) is 3.10. The zero-order chi connectivity index (χ0) is 24.4. The lowest BCUT2D eigenvalue weighted by atomic mass is 10.00. The fourth-order valence-electron chi connectivity index (χ4n) is 4.15. The molecule has 1 fully saturated rings. The molecule has 3 aromatic rings. The maximum absolute atomic E-state index is 12.6. The van der Waals surface area contributed by atoms with Gasteiger partial charge < -0.3 is 20.3 Å². The first kappa shape index (κ1) is 25.7. The van der Waals surface area contributed by atoms with Gasteiger partial charge in [-0.25, -0.2) is 0 Å². The molecule has 0 aliphatic carbocycles. The van der Waals surface area contributed by atoms with Gasteiger partial charge in [-0.2, -0.15) is 0 Å². The lowest BCUT2D eigenvalue weighted by Gasteiger charge is -2.16. The molecule has 0 amide bonds. The van der Waals surface area contributed by atoms with Crippen molar-refractivity contribution in [2.45, 2.75) is 32.9 Å². The number of aromatic amines is 1. The molecule has 0 unspecified atom stereocenters. The maximum atomic E-state index is 12.6. The molecular formula is C24H29N3O6. The van der Waals surface area contributed by atoms with E-state index >= 15 is 0 Å². The molecule has 3 heterocycles. The number of H-pyrrole nitrogens is 1. The Kier molecular flexibility index (Phi) is 9.71. The van der Waals surface area contributed by atoms with Gasteiger partial charge in [0.2, 0.25) is 0 Å². The summed E-state index contributed by atoms with van der Waals surface area (Å²) in [4.78, 5) is 38.8. The average molecular weight is 456 g/mol. The number of hydrogen-bond donors (Lipinski definition) is 4.